The monoisotopic (exact) mass is 1200 g/mol. The van der Waals surface area contributed by atoms with E-state index in [1.165, 1.54) is 43.0 Å². The topological polar surface area (TPSA) is 33.1 Å². The quantitative estimate of drug-likeness (QED) is 0.0624. The van der Waals surface area contributed by atoms with Crippen LogP contribution in [0.25, 0.3) is 27.6 Å². The molecule has 10 aromatic rings. The molecule has 0 saturated heterocycles. The van der Waals surface area contributed by atoms with Crippen LogP contribution in [0.1, 0.15) is 105 Å². The zero-order valence-corrected chi connectivity index (χ0v) is 49.8. The second-order valence-corrected chi connectivity index (χ2v) is 28.4. The van der Waals surface area contributed by atoms with Gasteiger partial charge in [-0.2, -0.15) is 12.1 Å². The van der Waals surface area contributed by atoms with Crippen molar-refractivity contribution >= 4 is 79.4 Å². The maximum Gasteiger partial charge on any atom is 2.00 e. The van der Waals surface area contributed by atoms with Gasteiger partial charge in [0.1, 0.15) is 11.5 Å². The van der Waals surface area contributed by atoms with Crippen LogP contribution in [-0.2, 0) is 42.7 Å². The number of para-hydroxylation sites is 1. The van der Waals surface area contributed by atoms with Crippen LogP contribution in [-0.4, -0.2) is 23.6 Å². The van der Waals surface area contributed by atoms with Gasteiger partial charge in [-0.25, -0.2) is 4.98 Å². The first-order valence-corrected chi connectivity index (χ1v) is 28.7. The van der Waals surface area contributed by atoms with Gasteiger partial charge in [-0.05, 0) is 87.3 Å². The van der Waals surface area contributed by atoms with Gasteiger partial charge in [-0.3, -0.25) is 0 Å². The van der Waals surface area contributed by atoms with Crippen molar-refractivity contribution in [2.24, 2.45) is 0 Å². The van der Waals surface area contributed by atoms with Gasteiger partial charge in [0.2, 0.25) is 5.69 Å². The predicted molar refractivity (Wildman–Crippen MR) is 322 cm³/mol. The van der Waals surface area contributed by atoms with E-state index >= 15 is 0 Å². The van der Waals surface area contributed by atoms with Gasteiger partial charge in [0.25, 0.3) is 5.69 Å². The van der Waals surface area contributed by atoms with Crippen molar-refractivity contribution in [1.82, 2.24) is 18.7 Å². The second kappa shape index (κ2) is 20.0. The summed E-state index contributed by atoms with van der Waals surface area (Å²) in [6.07, 6.45) is 1.93. The summed E-state index contributed by atoms with van der Waals surface area (Å²) >= 11 is 0. The number of aromatic nitrogens is 2. The molecule has 7 heteroatoms. The maximum absolute atomic E-state index is 6.88. The van der Waals surface area contributed by atoms with Gasteiger partial charge in [-0.1, -0.05) is 227 Å². The van der Waals surface area contributed by atoms with Gasteiger partial charge in [0.05, 0.1) is 0 Å². The van der Waals surface area contributed by atoms with E-state index in [9.17, 15) is 0 Å². The van der Waals surface area contributed by atoms with Crippen molar-refractivity contribution in [3.8, 4) is 17.3 Å². The Hall–Kier alpha value is -7.20. The van der Waals surface area contributed by atoms with Crippen LogP contribution in [0.2, 0.25) is 0 Å². The first-order chi connectivity index (χ1) is 36.2. The summed E-state index contributed by atoms with van der Waals surface area (Å²) in [6, 6.07) is 80.1. The van der Waals surface area contributed by atoms with E-state index in [4.69, 9.17) is 9.72 Å². The predicted octanol–water partition coefficient (Wildman–Crippen LogP) is 15.0. The first kappa shape index (κ1) is 53.2. The molecular formula is C70H68N4OPtSi+2. The third kappa shape index (κ3) is 9.82. The average Bonchev–Trinajstić information content (AvgIpc) is 4.00. The van der Waals surface area contributed by atoms with Crippen molar-refractivity contribution in [2.75, 3.05) is 0 Å². The molecule has 0 saturated carbocycles. The standard InChI is InChI=1S/C70H68N4OSi.Pt/c1-67(2,3)48-38-39-71-65(43-48)74-62-37-35-58(76(55-26-16-13-17-27-55,56-28-18-14-19-29-56)57-30-20-15-21-31-57)46-60(62)59-36-34-54(45-64(59)74)75-53-25-22-24-51(44-53)72-47-73(66-61(70(10,11)12)32-23-33-63(66)72)52-41-49(68(4,5)6)40-50(42-52)69(7,8)9;/h13-43,46H,1-12H3;/q;+2. The van der Waals surface area contributed by atoms with Crippen molar-refractivity contribution in [2.45, 2.75) is 105 Å². The van der Waals surface area contributed by atoms with Crippen LogP contribution in [0, 0.1) is 12.1 Å². The number of nitrogens with zero attached hydrogens (tertiary/aromatic N) is 4. The van der Waals surface area contributed by atoms with Crippen LogP contribution in [0.3, 0.4) is 0 Å². The van der Waals surface area contributed by atoms with Crippen LogP contribution >= 0.6 is 0 Å². The van der Waals surface area contributed by atoms with E-state index in [2.05, 4.69) is 285 Å². The van der Waals surface area contributed by atoms with Crippen LogP contribution in [0.5, 0.6) is 11.5 Å². The molecule has 3 heterocycles. The Morgan fingerprint density at radius 2 is 1.05 bits per heavy atom. The molecule has 8 aromatic carbocycles. The first-order valence-electron chi connectivity index (χ1n) is 26.7. The van der Waals surface area contributed by atoms with Crippen molar-refractivity contribution in [3.63, 3.8) is 0 Å². The Morgan fingerprint density at radius 1 is 0.481 bits per heavy atom. The number of pyridine rings is 1. The Kier molecular flexibility index (Phi) is 13.8. The average molecular weight is 1200 g/mol. The molecule has 0 unspecified atom stereocenters. The van der Waals surface area contributed by atoms with Gasteiger partial charge >= 0.3 is 32.8 Å². The Labute approximate surface area is 471 Å². The van der Waals surface area contributed by atoms with Crippen molar-refractivity contribution in [1.29, 1.82) is 0 Å². The molecule has 0 atom stereocenters. The number of benzene rings is 8. The molecule has 0 radical (unpaired) electrons. The second-order valence-electron chi connectivity index (χ2n) is 24.6. The molecule has 386 valence electrons. The summed E-state index contributed by atoms with van der Waals surface area (Å²) in [5.74, 6) is 1.99. The number of hydrogen-bond acceptors (Lipinski definition) is 2. The number of rotatable bonds is 9. The number of ether oxygens (including phenoxy) is 1. The third-order valence-corrected chi connectivity index (χ3v) is 19.9. The molecular weight excluding hydrogens is 1140 g/mol. The third-order valence-electron chi connectivity index (χ3n) is 15.2. The van der Waals surface area contributed by atoms with Crippen molar-refractivity contribution < 1.29 is 25.8 Å². The molecule has 1 aliphatic rings. The largest absolute Gasteiger partial charge is 2.00 e. The van der Waals surface area contributed by atoms with E-state index in [-0.39, 0.29) is 42.7 Å². The fourth-order valence-electron chi connectivity index (χ4n) is 11.0. The zero-order chi connectivity index (χ0) is 53.4. The minimum absolute atomic E-state index is 0. The van der Waals surface area contributed by atoms with Gasteiger partial charge in [0.15, 0.2) is 8.07 Å². The molecule has 1 aliphatic heterocycles. The minimum atomic E-state index is -2.84. The summed E-state index contributed by atoms with van der Waals surface area (Å²) in [4.78, 5) is 5.07. The molecule has 0 spiro atoms. The Bertz CT molecular complexity index is 3790. The Morgan fingerprint density at radius 3 is 1.62 bits per heavy atom. The van der Waals surface area contributed by atoms with E-state index < -0.39 is 8.07 Å². The molecule has 0 bridgehead atoms. The molecule has 77 heavy (non-hydrogen) atoms. The smallest absolute Gasteiger partial charge is 0.509 e. The van der Waals surface area contributed by atoms with Gasteiger partial charge in [0, 0.05) is 47.0 Å². The van der Waals surface area contributed by atoms with Crippen LogP contribution in [0.4, 0.5) is 22.7 Å². The van der Waals surface area contributed by atoms with Crippen LogP contribution in [0.15, 0.2) is 194 Å². The van der Waals surface area contributed by atoms with Gasteiger partial charge in [-0.15, -0.1) is 23.6 Å². The SMILES string of the molecule is CC(C)(C)c1cc([N+]2=C=[N+](c3[c-]c(Oc4[c-]c5c(cc4)c4cc([Si](c6ccccc6)(c6ccccc6)c6ccccc6)ccc4n5-c4cc(C(C)(C)C)ccn4)ccc3)c3cccc(C(C)(C)C)c32)cc(C(C)(C)C)c1.[Pt+2]. The zero-order valence-electron chi connectivity index (χ0n) is 46.5. The summed E-state index contributed by atoms with van der Waals surface area (Å²) in [5, 5.41) is 7.49. The van der Waals surface area contributed by atoms with E-state index in [0.29, 0.717) is 11.5 Å². The number of hydrogen-bond donors (Lipinski definition) is 0. The molecule has 0 aliphatic carbocycles. The molecule has 5 nitrogen and oxygen atoms in total. The van der Waals surface area contributed by atoms with E-state index in [1.54, 1.807) is 0 Å². The number of fused-ring (bicyclic) bond motifs is 4. The maximum atomic E-state index is 6.88. The molecule has 0 N–H and O–H groups in total. The molecule has 11 rings (SSSR count). The minimum Gasteiger partial charge on any atom is -0.509 e. The molecule has 0 amide bonds. The summed E-state index contributed by atoms with van der Waals surface area (Å²) < 4.78 is 13.5. The molecule has 0 fully saturated rings. The van der Waals surface area contributed by atoms with Gasteiger partial charge < -0.3 is 9.30 Å². The summed E-state index contributed by atoms with van der Waals surface area (Å²) in [7, 11) is -2.84. The normalized spacial score (nSPS) is 13.0. The fraction of sp³-hybridized carbons (Fsp3) is 0.229. The summed E-state index contributed by atoms with van der Waals surface area (Å²) in [5.41, 5.74) is 10.7. The van der Waals surface area contributed by atoms with Crippen molar-refractivity contribution in [3.05, 3.63) is 229 Å². The van der Waals surface area contributed by atoms with Crippen LogP contribution < -0.4 is 34.6 Å². The fourth-order valence-corrected chi connectivity index (χ4v) is 15.8. The summed E-state index contributed by atoms with van der Waals surface area (Å²) in [6.45, 7) is 27.4. The Balaban J connectivity index is 0.00000672. The molecule has 2 aromatic heterocycles. The van der Waals surface area contributed by atoms with E-state index in [1.807, 2.05) is 24.4 Å². The van der Waals surface area contributed by atoms with E-state index in [0.717, 1.165) is 50.4 Å².